The van der Waals surface area contributed by atoms with Crippen LogP contribution in [-0.4, -0.2) is 0 Å². The Hall–Kier alpha value is -0.260. The summed E-state index contributed by atoms with van der Waals surface area (Å²) < 4.78 is 0. The minimum absolute atomic E-state index is 0.501. The highest BCUT2D eigenvalue weighted by Crippen LogP contribution is 2.72. The average molecular weight is 427 g/mol. The maximum absolute atomic E-state index is 2.79. The summed E-state index contributed by atoms with van der Waals surface area (Å²) >= 11 is 0. The fourth-order valence-corrected chi connectivity index (χ4v) is 9.94. The zero-order chi connectivity index (χ0) is 22.6. The van der Waals surface area contributed by atoms with Gasteiger partial charge in [0.2, 0.25) is 0 Å². The van der Waals surface area contributed by atoms with Gasteiger partial charge in [-0.25, -0.2) is 0 Å². The lowest BCUT2D eigenvalue weighted by Gasteiger charge is -2.64. The normalized spacial score (nSPS) is 45.8. The predicted molar refractivity (Wildman–Crippen MR) is 136 cm³/mol. The molecule has 0 aromatic carbocycles. The first-order valence-electron chi connectivity index (χ1n) is 14.2. The summed E-state index contributed by atoms with van der Waals surface area (Å²) in [6.07, 6.45) is 18.8. The highest BCUT2D eigenvalue weighted by Gasteiger charge is 2.63. The summed E-state index contributed by atoms with van der Waals surface area (Å²) in [6.45, 7) is 20.5. The number of fused-ring (bicyclic) bond motifs is 5. The van der Waals surface area contributed by atoms with E-state index in [0.717, 1.165) is 41.4 Å². The molecule has 178 valence electrons. The van der Waals surface area contributed by atoms with Gasteiger partial charge in [-0.1, -0.05) is 86.3 Å². The zero-order valence-corrected chi connectivity index (χ0v) is 22.4. The van der Waals surface area contributed by atoms with Gasteiger partial charge in [-0.15, -0.1) is 0 Å². The van der Waals surface area contributed by atoms with Crippen molar-refractivity contribution in [1.82, 2.24) is 0 Å². The second-order valence-corrected chi connectivity index (χ2v) is 14.2. The molecule has 0 aliphatic heterocycles. The molecule has 4 aliphatic rings. The fourth-order valence-electron chi connectivity index (χ4n) is 9.94. The first kappa shape index (κ1) is 23.9. The Morgan fingerprint density at radius 1 is 0.839 bits per heavy atom. The van der Waals surface area contributed by atoms with Crippen molar-refractivity contribution < 1.29 is 0 Å². The van der Waals surface area contributed by atoms with Crippen molar-refractivity contribution in [1.29, 1.82) is 0 Å². The molecule has 0 heterocycles. The molecule has 0 aromatic rings. The molecule has 0 nitrogen and oxygen atoms in total. The van der Waals surface area contributed by atoms with E-state index in [9.17, 15) is 0 Å². The number of hydrogen-bond donors (Lipinski definition) is 0. The molecule has 0 spiro atoms. The molecule has 31 heavy (non-hydrogen) atoms. The largest absolute Gasteiger partial charge is 0.0842 e. The van der Waals surface area contributed by atoms with E-state index < -0.39 is 0 Å². The molecule has 3 saturated carbocycles. The third-order valence-electron chi connectivity index (χ3n) is 11.9. The Kier molecular flexibility index (Phi) is 6.55. The SMILES string of the molecule is CC(C)CCC[C@@H](C)[C@H]1CC[C@@H]2[C@]1(C)CC[C@H]1[C@@]2(C)CC=C2C[C@@H](C(C)C)CC[C@@]21C. The molecule has 0 heteroatoms. The molecule has 0 radical (unpaired) electrons. The van der Waals surface area contributed by atoms with E-state index in [1.807, 2.05) is 5.57 Å². The Bertz CT molecular complexity index is 670. The maximum Gasteiger partial charge on any atom is -0.00825 e. The van der Waals surface area contributed by atoms with Crippen LogP contribution in [0.2, 0.25) is 0 Å². The van der Waals surface area contributed by atoms with Gasteiger partial charge in [-0.2, -0.15) is 0 Å². The maximum atomic E-state index is 2.79. The molecule has 8 atom stereocenters. The molecule has 0 unspecified atom stereocenters. The van der Waals surface area contributed by atoms with Crippen LogP contribution in [0.3, 0.4) is 0 Å². The number of rotatable bonds is 6. The van der Waals surface area contributed by atoms with Crippen molar-refractivity contribution in [3.8, 4) is 0 Å². The van der Waals surface area contributed by atoms with Crippen molar-refractivity contribution in [3.05, 3.63) is 11.6 Å². The molecular weight excluding hydrogens is 372 g/mol. The number of allylic oxidation sites excluding steroid dienone is 2. The van der Waals surface area contributed by atoms with E-state index >= 15 is 0 Å². The second-order valence-electron chi connectivity index (χ2n) is 14.2. The van der Waals surface area contributed by atoms with E-state index in [1.165, 1.54) is 70.6 Å². The summed E-state index contributed by atoms with van der Waals surface area (Å²) in [5.41, 5.74) is 3.52. The van der Waals surface area contributed by atoms with E-state index in [1.54, 1.807) is 0 Å². The van der Waals surface area contributed by atoms with Crippen molar-refractivity contribution in [3.63, 3.8) is 0 Å². The van der Waals surface area contributed by atoms with Gasteiger partial charge in [0.25, 0.3) is 0 Å². The molecular formula is C31H54. The highest BCUT2D eigenvalue weighted by atomic mass is 14.7. The lowest BCUT2D eigenvalue weighted by atomic mass is 9.41. The van der Waals surface area contributed by atoms with Crippen LogP contribution >= 0.6 is 0 Å². The van der Waals surface area contributed by atoms with E-state index in [0.29, 0.717) is 16.2 Å². The van der Waals surface area contributed by atoms with Crippen LogP contribution in [0.5, 0.6) is 0 Å². The van der Waals surface area contributed by atoms with Gasteiger partial charge in [0.1, 0.15) is 0 Å². The topological polar surface area (TPSA) is 0 Å². The van der Waals surface area contributed by atoms with E-state index in [2.05, 4.69) is 61.5 Å². The Morgan fingerprint density at radius 3 is 2.26 bits per heavy atom. The van der Waals surface area contributed by atoms with Gasteiger partial charge in [0.15, 0.2) is 0 Å². The summed E-state index contributed by atoms with van der Waals surface area (Å²) in [5.74, 6) is 6.41. The Balaban J connectivity index is 1.54. The van der Waals surface area contributed by atoms with E-state index in [4.69, 9.17) is 0 Å². The molecule has 4 rings (SSSR count). The minimum Gasteiger partial charge on any atom is -0.0842 e. The van der Waals surface area contributed by atoms with Crippen LogP contribution in [0.1, 0.15) is 126 Å². The zero-order valence-electron chi connectivity index (χ0n) is 22.4. The molecule has 0 amide bonds. The van der Waals surface area contributed by atoms with Crippen LogP contribution in [0.15, 0.2) is 11.6 Å². The fraction of sp³-hybridized carbons (Fsp3) is 0.935. The third kappa shape index (κ3) is 3.89. The van der Waals surface area contributed by atoms with Crippen molar-refractivity contribution in [2.24, 2.45) is 57.7 Å². The first-order valence-corrected chi connectivity index (χ1v) is 14.2. The molecule has 4 aliphatic carbocycles. The lowest BCUT2D eigenvalue weighted by molar-refractivity contribution is -0.112. The van der Waals surface area contributed by atoms with Gasteiger partial charge < -0.3 is 0 Å². The van der Waals surface area contributed by atoms with Crippen molar-refractivity contribution in [2.45, 2.75) is 126 Å². The highest BCUT2D eigenvalue weighted by molar-refractivity contribution is 5.27. The van der Waals surface area contributed by atoms with Crippen LogP contribution < -0.4 is 0 Å². The third-order valence-corrected chi connectivity index (χ3v) is 11.9. The van der Waals surface area contributed by atoms with Gasteiger partial charge in [0.05, 0.1) is 0 Å². The molecule has 0 saturated heterocycles. The second kappa shape index (κ2) is 8.51. The standard InChI is InChI=1S/C31H54/c1-21(2)10-9-11-23(5)26-12-13-27-30(26,7)19-16-28-29(6)17-14-24(22(3)4)20-25(29)15-18-31(27,28)8/h15,21-24,26-28H,9-14,16-20H2,1-8H3/t23-,24+,26-,27-,28-,29+,30-,31+/m1/s1. The Morgan fingerprint density at radius 2 is 1.58 bits per heavy atom. The van der Waals surface area contributed by atoms with Crippen LogP contribution in [0.4, 0.5) is 0 Å². The molecule has 0 aromatic heterocycles. The monoisotopic (exact) mass is 426 g/mol. The lowest BCUT2D eigenvalue weighted by Crippen LogP contribution is -2.56. The summed E-state index contributed by atoms with van der Waals surface area (Å²) in [5, 5.41) is 0. The molecule has 0 N–H and O–H groups in total. The smallest absolute Gasteiger partial charge is 0.00825 e. The van der Waals surface area contributed by atoms with Gasteiger partial charge >= 0.3 is 0 Å². The van der Waals surface area contributed by atoms with Gasteiger partial charge in [-0.05, 0) is 109 Å². The van der Waals surface area contributed by atoms with Crippen LogP contribution in [0.25, 0.3) is 0 Å². The van der Waals surface area contributed by atoms with Crippen molar-refractivity contribution >= 4 is 0 Å². The molecule has 3 fully saturated rings. The van der Waals surface area contributed by atoms with Gasteiger partial charge in [0, 0.05) is 0 Å². The van der Waals surface area contributed by atoms with E-state index in [-0.39, 0.29) is 0 Å². The number of hydrogen-bond acceptors (Lipinski definition) is 0. The summed E-state index contributed by atoms with van der Waals surface area (Å²) in [7, 11) is 0. The first-order chi connectivity index (χ1) is 14.5. The summed E-state index contributed by atoms with van der Waals surface area (Å²) in [6, 6.07) is 0. The minimum atomic E-state index is 0.501. The average Bonchev–Trinajstić information content (AvgIpc) is 3.05. The predicted octanol–water partition coefficient (Wildman–Crippen LogP) is 9.69. The van der Waals surface area contributed by atoms with Crippen LogP contribution in [0, 0.1) is 57.7 Å². The molecule has 0 bridgehead atoms. The summed E-state index contributed by atoms with van der Waals surface area (Å²) in [4.78, 5) is 0. The van der Waals surface area contributed by atoms with Crippen molar-refractivity contribution in [2.75, 3.05) is 0 Å². The van der Waals surface area contributed by atoms with Gasteiger partial charge in [-0.3, -0.25) is 0 Å². The quantitative estimate of drug-likeness (QED) is 0.371. The Labute approximate surface area is 195 Å². The van der Waals surface area contributed by atoms with Crippen LogP contribution in [-0.2, 0) is 0 Å².